The number of carbonyl (C=O) groups is 1. The van der Waals surface area contributed by atoms with Gasteiger partial charge in [0.25, 0.3) is 10.0 Å². The lowest BCUT2D eigenvalue weighted by Crippen LogP contribution is -2.37. The highest BCUT2D eigenvalue weighted by Gasteiger charge is 2.23. The van der Waals surface area contributed by atoms with Crippen LogP contribution in [0.15, 0.2) is 47.4 Å². The van der Waals surface area contributed by atoms with E-state index in [4.69, 9.17) is 9.47 Å². The third-order valence-corrected chi connectivity index (χ3v) is 6.31. The van der Waals surface area contributed by atoms with Gasteiger partial charge in [-0.1, -0.05) is 32.9 Å². The Morgan fingerprint density at radius 1 is 1.09 bits per heavy atom. The molecule has 2 N–H and O–H groups in total. The largest absolute Gasteiger partial charge is 0.495 e. The maximum absolute atomic E-state index is 13.1. The number of sulfonamides is 1. The SMILES string of the molecule is COc1ccccc1NS(=O)(=O)c1ccc(N2CCOCC2)c(NC(=O)CC(C)(C)C)c1. The molecule has 1 saturated heterocycles. The van der Waals surface area contributed by atoms with Crippen LogP contribution in [0.2, 0.25) is 0 Å². The molecule has 2 aromatic carbocycles. The molecule has 9 heteroatoms. The fraction of sp³-hybridized carbons (Fsp3) is 0.435. The van der Waals surface area contributed by atoms with Gasteiger partial charge in [0.05, 0.1) is 42.3 Å². The summed E-state index contributed by atoms with van der Waals surface area (Å²) in [7, 11) is -2.43. The van der Waals surface area contributed by atoms with Gasteiger partial charge < -0.3 is 19.7 Å². The van der Waals surface area contributed by atoms with Crippen LogP contribution in [0.1, 0.15) is 27.2 Å². The second-order valence-electron chi connectivity index (χ2n) is 8.87. The Bertz CT molecular complexity index is 1060. The first-order valence-corrected chi connectivity index (χ1v) is 12.0. The topological polar surface area (TPSA) is 97.0 Å². The lowest BCUT2D eigenvalue weighted by atomic mass is 9.92. The molecule has 1 fully saturated rings. The molecule has 3 rings (SSSR count). The predicted octanol–water partition coefficient (Wildman–Crippen LogP) is 3.71. The van der Waals surface area contributed by atoms with Crippen molar-refractivity contribution in [2.45, 2.75) is 32.1 Å². The van der Waals surface area contributed by atoms with Crippen LogP contribution < -0.4 is 19.7 Å². The molecule has 1 aliphatic rings. The van der Waals surface area contributed by atoms with Gasteiger partial charge in [0.2, 0.25) is 5.91 Å². The van der Waals surface area contributed by atoms with E-state index in [9.17, 15) is 13.2 Å². The van der Waals surface area contributed by atoms with Crippen LogP contribution in [0.3, 0.4) is 0 Å². The number of para-hydroxylation sites is 2. The molecule has 0 spiro atoms. The molecule has 8 nitrogen and oxygen atoms in total. The number of rotatable bonds is 7. The maximum atomic E-state index is 13.1. The van der Waals surface area contributed by atoms with Gasteiger partial charge in [0, 0.05) is 19.5 Å². The minimum Gasteiger partial charge on any atom is -0.495 e. The van der Waals surface area contributed by atoms with Crippen LogP contribution in [0.25, 0.3) is 0 Å². The van der Waals surface area contributed by atoms with E-state index in [0.29, 0.717) is 49.8 Å². The minimum atomic E-state index is -3.91. The second kappa shape index (κ2) is 9.79. The van der Waals surface area contributed by atoms with Crippen molar-refractivity contribution in [1.29, 1.82) is 0 Å². The Labute approximate surface area is 190 Å². The lowest BCUT2D eigenvalue weighted by molar-refractivity contribution is -0.117. The quantitative estimate of drug-likeness (QED) is 0.653. The van der Waals surface area contributed by atoms with Crippen LogP contribution in [0, 0.1) is 5.41 Å². The lowest BCUT2D eigenvalue weighted by Gasteiger charge is -2.31. The van der Waals surface area contributed by atoms with E-state index in [1.165, 1.54) is 13.2 Å². The normalized spacial score (nSPS) is 14.7. The molecule has 32 heavy (non-hydrogen) atoms. The molecular formula is C23H31N3O5S. The van der Waals surface area contributed by atoms with Crippen molar-refractivity contribution >= 4 is 33.0 Å². The van der Waals surface area contributed by atoms with Crippen LogP contribution in [0.5, 0.6) is 5.75 Å². The average Bonchev–Trinajstić information content (AvgIpc) is 2.73. The first-order valence-electron chi connectivity index (χ1n) is 10.5. The van der Waals surface area contributed by atoms with Gasteiger partial charge in [0.15, 0.2) is 0 Å². The summed E-state index contributed by atoms with van der Waals surface area (Å²) in [6.45, 7) is 8.41. The summed E-state index contributed by atoms with van der Waals surface area (Å²) in [4.78, 5) is 14.8. The zero-order valence-electron chi connectivity index (χ0n) is 19.0. The van der Waals surface area contributed by atoms with Crippen LogP contribution >= 0.6 is 0 Å². The standard InChI is InChI=1S/C23H31N3O5S/c1-23(2,3)16-22(27)24-19-15-17(9-10-20(19)26-11-13-31-14-12-26)32(28,29)25-18-7-5-6-8-21(18)30-4/h5-10,15,25H,11-14,16H2,1-4H3,(H,24,27). The number of methoxy groups -OCH3 is 1. The van der Waals surface area contributed by atoms with Gasteiger partial charge in [0.1, 0.15) is 5.75 Å². The Balaban J connectivity index is 1.95. The zero-order chi connectivity index (χ0) is 23.4. The van der Waals surface area contributed by atoms with E-state index >= 15 is 0 Å². The molecule has 0 radical (unpaired) electrons. The number of morpholine rings is 1. The number of nitrogens with zero attached hydrogens (tertiary/aromatic N) is 1. The number of carbonyl (C=O) groups excluding carboxylic acids is 1. The van der Waals surface area contributed by atoms with Crippen molar-refractivity contribution in [2.75, 3.05) is 48.4 Å². The van der Waals surface area contributed by atoms with Crippen molar-refractivity contribution < 1.29 is 22.7 Å². The van der Waals surface area contributed by atoms with Gasteiger partial charge in [-0.25, -0.2) is 8.42 Å². The Morgan fingerprint density at radius 2 is 1.78 bits per heavy atom. The Hall–Kier alpha value is -2.78. The summed E-state index contributed by atoms with van der Waals surface area (Å²) in [5.41, 5.74) is 1.37. The van der Waals surface area contributed by atoms with Crippen LogP contribution in [0.4, 0.5) is 17.1 Å². The monoisotopic (exact) mass is 461 g/mol. The molecule has 174 valence electrons. The highest BCUT2D eigenvalue weighted by Crippen LogP contribution is 2.32. The molecule has 1 aliphatic heterocycles. The number of ether oxygens (including phenoxy) is 2. The predicted molar refractivity (Wildman–Crippen MR) is 126 cm³/mol. The first kappa shape index (κ1) is 23.9. The molecule has 0 aliphatic carbocycles. The van der Waals surface area contributed by atoms with E-state index in [1.807, 2.05) is 20.8 Å². The van der Waals surface area contributed by atoms with Gasteiger partial charge in [-0.15, -0.1) is 0 Å². The van der Waals surface area contributed by atoms with Crippen molar-refractivity contribution in [1.82, 2.24) is 0 Å². The van der Waals surface area contributed by atoms with E-state index < -0.39 is 10.0 Å². The van der Waals surface area contributed by atoms with Gasteiger partial charge >= 0.3 is 0 Å². The molecule has 2 aromatic rings. The van der Waals surface area contributed by atoms with E-state index in [-0.39, 0.29) is 16.2 Å². The third-order valence-electron chi connectivity index (χ3n) is 4.95. The molecule has 0 atom stereocenters. The Kier molecular flexibility index (Phi) is 7.30. The summed E-state index contributed by atoms with van der Waals surface area (Å²) < 4.78 is 39.5. The highest BCUT2D eigenvalue weighted by atomic mass is 32.2. The van der Waals surface area contributed by atoms with Crippen LogP contribution in [-0.4, -0.2) is 47.7 Å². The minimum absolute atomic E-state index is 0.0477. The maximum Gasteiger partial charge on any atom is 0.262 e. The summed E-state index contributed by atoms with van der Waals surface area (Å²) >= 11 is 0. The van der Waals surface area contributed by atoms with Crippen molar-refractivity contribution in [3.8, 4) is 5.75 Å². The summed E-state index contributed by atoms with van der Waals surface area (Å²) in [5, 5.41) is 2.92. The number of nitrogens with one attached hydrogen (secondary N) is 2. The van der Waals surface area contributed by atoms with E-state index in [1.54, 1.807) is 36.4 Å². The van der Waals surface area contributed by atoms with Crippen LogP contribution in [-0.2, 0) is 19.6 Å². The zero-order valence-corrected chi connectivity index (χ0v) is 19.8. The number of hydrogen-bond donors (Lipinski definition) is 2. The van der Waals surface area contributed by atoms with Crippen molar-refractivity contribution in [3.05, 3.63) is 42.5 Å². The number of benzene rings is 2. The molecule has 0 unspecified atom stereocenters. The second-order valence-corrected chi connectivity index (χ2v) is 10.6. The van der Waals surface area contributed by atoms with Crippen molar-refractivity contribution in [3.63, 3.8) is 0 Å². The Morgan fingerprint density at radius 3 is 2.44 bits per heavy atom. The molecule has 0 saturated carbocycles. The summed E-state index contributed by atoms with van der Waals surface area (Å²) in [5.74, 6) is 0.249. The number of anilines is 3. The fourth-order valence-electron chi connectivity index (χ4n) is 3.47. The van der Waals surface area contributed by atoms with Gasteiger partial charge in [-0.2, -0.15) is 0 Å². The molecule has 1 heterocycles. The van der Waals surface area contributed by atoms with Crippen molar-refractivity contribution in [2.24, 2.45) is 5.41 Å². The molecule has 1 amide bonds. The number of amides is 1. The fourth-order valence-corrected chi connectivity index (χ4v) is 4.57. The smallest absolute Gasteiger partial charge is 0.262 e. The van der Waals surface area contributed by atoms with E-state index in [2.05, 4.69) is 14.9 Å². The van der Waals surface area contributed by atoms with E-state index in [0.717, 1.165) is 5.69 Å². The van der Waals surface area contributed by atoms with Gasteiger partial charge in [-0.3, -0.25) is 9.52 Å². The average molecular weight is 462 g/mol. The molecule has 0 aromatic heterocycles. The number of hydrogen-bond acceptors (Lipinski definition) is 6. The third kappa shape index (κ3) is 6.14. The summed E-state index contributed by atoms with van der Waals surface area (Å²) in [6, 6.07) is 11.6. The highest BCUT2D eigenvalue weighted by molar-refractivity contribution is 7.92. The van der Waals surface area contributed by atoms with Gasteiger partial charge in [-0.05, 0) is 35.7 Å². The summed E-state index contributed by atoms with van der Waals surface area (Å²) in [6.07, 6.45) is 0.312. The molecule has 0 bridgehead atoms. The molecular weight excluding hydrogens is 430 g/mol. The first-order chi connectivity index (χ1) is 15.1.